The van der Waals surface area contributed by atoms with E-state index in [1.807, 2.05) is 0 Å². The summed E-state index contributed by atoms with van der Waals surface area (Å²) in [7, 11) is 0. The highest BCUT2D eigenvalue weighted by molar-refractivity contribution is 5.76. The Labute approximate surface area is 72.0 Å². The number of hydrogen-bond acceptors (Lipinski definition) is 5. The third kappa shape index (κ3) is 5.06. The molecule has 0 rings (SSSR count). The molecule has 0 heterocycles. The van der Waals surface area contributed by atoms with Gasteiger partial charge in [-0.2, -0.15) is 0 Å². The Bertz CT molecular complexity index is 153. The second-order valence-corrected chi connectivity index (χ2v) is 3.47. The predicted octanol–water partition coefficient (Wildman–Crippen LogP) is -0.454. The van der Waals surface area contributed by atoms with Crippen LogP contribution in [0.4, 0.5) is 0 Å². The molecule has 5 nitrogen and oxygen atoms in total. The summed E-state index contributed by atoms with van der Waals surface area (Å²) in [6, 6.07) is -0.811. The van der Waals surface area contributed by atoms with E-state index in [4.69, 9.17) is 16.4 Å². The van der Waals surface area contributed by atoms with Gasteiger partial charge in [-0.1, -0.05) is 0 Å². The molecule has 1 atom stereocenters. The van der Waals surface area contributed by atoms with Crippen LogP contribution in [0.5, 0.6) is 0 Å². The molecule has 5 heteroatoms. The molecule has 0 amide bonds. The standard InChI is InChI=1S/C7H16N2O3/c1-7(2,3)12-6(10)5(8)4-11-9/h5H,4,8-9H2,1-3H3. The van der Waals surface area contributed by atoms with Crippen molar-refractivity contribution in [2.45, 2.75) is 32.4 Å². The summed E-state index contributed by atoms with van der Waals surface area (Å²) >= 11 is 0. The van der Waals surface area contributed by atoms with Gasteiger partial charge in [-0.25, -0.2) is 5.90 Å². The third-order valence-electron chi connectivity index (χ3n) is 0.985. The Balaban J connectivity index is 3.87. The summed E-state index contributed by atoms with van der Waals surface area (Å²) in [6.45, 7) is 5.26. The molecule has 0 aromatic rings. The van der Waals surface area contributed by atoms with Crippen LogP contribution in [0.2, 0.25) is 0 Å². The number of hydrogen-bond donors (Lipinski definition) is 2. The van der Waals surface area contributed by atoms with Gasteiger partial charge >= 0.3 is 5.97 Å². The summed E-state index contributed by atoms with van der Waals surface area (Å²) in [5.74, 6) is 4.24. The number of carbonyl (C=O) groups is 1. The molecular formula is C7H16N2O3. The van der Waals surface area contributed by atoms with Crippen molar-refractivity contribution in [2.24, 2.45) is 11.6 Å². The van der Waals surface area contributed by atoms with E-state index in [0.29, 0.717) is 0 Å². The molecular weight excluding hydrogens is 160 g/mol. The number of esters is 1. The first-order chi connectivity index (χ1) is 5.37. The van der Waals surface area contributed by atoms with E-state index in [2.05, 4.69) is 4.84 Å². The molecule has 4 N–H and O–H groups in total. The van der Waals surface area contributed by atoms with Crippen molar-refractivity contribution in [3.63, 3.8) is 0 Å². The van der Waals surface area contributed by atoms with Gasteiger partial charge in [-0.3, -0.25) is 4.79 Å². The molecule has 72 valence electrons. The summed E-state index contributed by atoms with van der Waals surface area (Å²) in [5, 5.41) is 0. The molecule has 0 aromatic carbocycles. The van der Waals surface area contributed by atoms with Gasteiger partial charge < -0.3 is 15.3 Å². The summed E-state index contributed by atoms with van der Waals surface area (Å²) in [6.07, 6.45) is 0. The van der Waals surface area contributed by atoms with Gasteiger partial charge in [0.2, 0.25) is 0 Å². The first-order valence-electron chi connectivity index (χ1n) is 3.67. The van der Waals surface area contributed by atoms with E-state index >= 15 is 0 Å². The van der Waals surface area contributed by atoms with Crippen LogP contribution >= 0.6 is 0 Å². The second-order valence-electron chi connectivity index (χ2n) is 3.47. The summed E-state index contributed by atoms with van der Waals surface area (Å²) in [4.78, 5) is 15.3. The maximum absolute atomic E-state index is 11.1. The fraction of sp³-hybridized carbons (Fsp3) is 0.857. The molecule has 0 saturated heterocycles. The van der Waals surface area contributed by atoms with Crippen LogP contribution in [0.3, 0.4) is 0 Å². The lowest BCUT2D eigenvalue weighted by Gasteiger charge is -2.21. The summed E-state index contributed by atoms with van der Waals surface area (Å²) < 4.78 is 4.95. The molecule has 0 aliphatic rings. The molecule has 0 bridgehead atoms. The van der Waals surface area contributed by atoms with Crippen molar-refractivity contribution in [3.8, 4) is 0 Å². The maximum atomic E-state index is 11.1. The first-order valence-corrected chi connectivity index (χ1v) is 3.67. The molecule has 0 spiro atoms. The van der Waals surface area contributed by atoms with Gasteiger partial charge in [0.15, 0.2) is 0 Å². The van der Waals surface area contributed by atoms with Gasteiger partial charge in [0.1, 0.15) is 11.6 Å². The topological polar surface area (TPSA) is 87.6 Å². The lowest BCUT2D eigenvalue weighted by molar-refractivity contribution is -0.158. The van der Waals surface area contributed by atoms with Crippen LogP contribution in [0.1, 0.15) is 20.8 Å². The monoisotopic (exact) mass is 176 g/mol. The maximum Gasteiger partial charge on any atom is 0.325 e. The van der Waals surface area contributed by atoms with E-state index < -0.39 is 17.6 Å². The predicted molar refractivity (Wildman–Crippen MR) is 44.0 cm³/mol. The minimum absolute atomic E-state index is 0.0328. The minimum atomic E-state index is -0.811. The van der Waals surface area contributed by atoms with E-state index in [1.54, 1.807) is 20.8 Å². The largest absolute Gasteiger partial charge is 0.459 e. The third-order valence-corrected chi connectivity index (χ3v) is 0.985. The highest BCUT2D eigenvalue weighted by atomic mass is 16.6. The molecule has 0 aromatic heterocycles. The summed E-state index contributed by atoms with van der Waals surface area (Å²) in [5.41, 5.74) is 4.83. The fourth-order valence-electron chi connectivity index (χ4n) is 0.549. The number of carbonyl (C=O) groups excluding carboxylic acids is 1. The van der Waals surface area contributed by atoms with Crippen molar-refractivity contribution >= 4 is 5.97 Å². The average molecular weight is 176 g/mol. The van der Waals surface area contributed by atoms with Gasteiger partial charge in [0, 0.05) is 0 Å². The molecule has 0 saturated carbocycles. The highest BCUT2D eigenvalue weighted by Gasteiger charge is 2.21. The number of ether oxygens (including phenoxy) is 1. The Morgan fingerprint density at radius 2 is 2.00 bits per heavy atom. The van der Waals surface area contributed by atoms with Crippen molar-refractivity contribution in [2.75, 3.05) is 6.61 Å². The lowest BCUT2D eigenvalue weighted by Crippen LogP contribution is -2.41. The fourth-order valence-corrected chi connectivity index (χ4v) is 0.549. The van der Waals surface area contributed by atoms with E-state index in [0.717, 1.165) is 0 Å². The van der Waals surface area contributed by atoms with Crippen molar-refractivity contribution in [1.82, 2.24) is 0 Å². The normalized spacial score (nSPS) is 14.1. The molecule has 0 radical (unpaired) electrons. The van der Waals surface area contributed by atoms with Gasteiger partial charge in [-0.05, 0) is 20.8 Å². The van der Waals surface area contributed by atoms with Crippen LogP contribution in [0, 0.1) is 0 Å². The number of rotatable bonds is 3. The SMILES string of the molecule is CC(C)(C)OC(=O)C(N)CON. The number of nitrogens with two attached hydrogens (primary N) is 2. The van der Waals surface area contributed by atoms with Gasteiger partial charge in [0.25, 0.3) is 0 Å². The Morgan fingerprint density at radius 3 is 2.33 bits per heavy atom. The highest BCUT2D eigenvalue weighted by Crippen LogP contribution is 2.07. The van der Waals surface area contributed by atoms with Crippen LogP contribution in [-0.4, -0.2) is 24.2 Å². The molecule has 0 aliphatic carbocycles. The Kier molecular flexibility index (Phi) is 4.16. The van der Waals surface area contributed by atoms with Crippen LogP contribution in [0.25, 0.3) is 0 Å². The van der Waals surface area contributed by atoms with Crippen LogP contribution < -0.4 is 11.6 Å². The second kappa shape index (κ2) is 4.39. The van der Waals surface area contributed by atoms with E-state index in [-0.39, 0.29) is 6.61 Å². The Hall–Kier alpha value is -0.650. The zero-order chi connectivity index (χ0) is 9.78. The van der Waals surface area contributed by atoms with Crippen molar-refractivity contribution in [3.05, 3.63) is 0 Å². The Morgan fingerprint density at radius 1 is 1.50 bits per heavy atom. The average Bonchev–Trinajstić information content (AvgIpc) is 1.84. The zero-order valence-electron chi connectivity index (χ0n) is 7.66. The lowest BCUT2D eigenvalue weighted by atomic mass is 10.2. The van der Waals surface area contributed by atoms with Gasteiger partial charge in [-0.15, -0.1) is 0 Å². The molecule has 0 aliphatic heterocycles. The van der Waals surface area contributed by atoms with E-state index in [9.17, 15) is 4.79 Å². The van der Waals surface area contributed by atoms with Gasteiger partial charge in [0.05, 0.1) is 6.61 Å². The molecule has 0 fully saturated rings. The van der Waals surface area contributed by atoms with E-state index in [1.165, 1.54) is 0 Å². The first kappa shape index (κ1) is 11.4. The minimum Gasteiger partial charge on any atom is -0.459 e. The molecule has 12 heavy (non-hydrogen) atoms. The van der Waals surface area contributed by atoms with Crippen LogP contribution in [0.15, 0.2) is 0 Å². The quantitative estimate of drug-likeness (QED) is 0.449. The molecule has 1 unspecified atom stereocenters. The van der Waals surface area contributed by atoms with Crippen molar-refractivity contribution in [1.29, 1.82) is 0 Å². The smallest absolute Gasteiger partial charge is 0.325 e. The van der Waals surface area contributed by atoms with Crippen LogP contribution in [-0.2, 0) is 14.4 Å². The van der Waals surface area contributed by atoms with Crippen molar-refractivity contribution < 1.29 is 14.4 Å². The zero-order valence-corrected chi connectivity index (χ0v) is 7.66.